The quantitative estimate of drug-likeness (QED) is 0.897. The Morgan fingerprint density at radius 1 is 1.26 bits per heavy atom. The first-order chi connectivity index (χ1) is 10.7. The summed E-state index contributed by atoms with van der Waals surface area (Å²) in [7, 11) is 0. The van der Waals surface area contributed by atoms with E-state index < -0.39 is 5.60 Å². The van der Waals surface area contributed by atoms with Crippen LogP contribution < -0.4 is 5.32 Å². The molecule has 23 heavy (non-hydrogen) atoms. The number of thiophene rings is 1. The van der Waals surface area contributed by atoms with Gasteiger partial charge in [-0.05, 0) is 59.1 Å². The van der Waals surface area contributed by atoms with Gasteiger partial charge in [0.1, 0.15) is 5.60 Å². The highest BCUT2D eigenvalue weighted by atomic mass is 32.1. The molecule has 2 heterocycles. The normalized spacial score (nSPS) is 19.1. The number of ether oxygens (including phenoxy) is 1. The molecule has 1 aliphatic heterocycles. The third kappa shape index (κ3) is 5.53. The molecule has 6 heteroatoms. The van der Waals surface area contributed by atoms with Crippen molar-refractivity contribution < 1.29 is 14.3 Å². The summed E-state index contributed by atoms with van der Waals surface area (Å²) in [6.45, 7) is 8.90. The van der Waals surface area contributed by atoms with Crippen molar-refractivity contribution in [3.63, 3.8) is 0 Å². The van der Waals surface area contributed by atoms with E-state index in [-0.39, 0.29) is 18.0 Å². The number of aryl methyl sites for hydroxylation is 1. The van der Waals surface area contributed by atoms with E-state index in [4.69, 9.17) is 4.74 Å². The van der Waals surface area contributed by atoms with E-state index >= 15 is 0 Å². The maximum absolute atomic E-state index is 12.2. The second-order valence-corrected chi connectivity index (χ2v) is 8.27. The first kappa shape index (κ1) is 17.8. The fourth-order valence-corrected chi connectivity index (χ4v) is 3.33. The molecule has 0 radical (unpaired) electrons. The van der Waals surface area contributed by atoms with Gasteiger partial charge in [0.2, 0.25) is 0 Å². The zero-order valence-electron chi connectivity index (χ0n) is 14.3. The summed E-state index contributed by atoms with van der Waals surface area (Å²) in [5.74, 6) is -0.0150. The van der Waals surface area contributed by atoms with Crippen LogP contribution in [0.25, 0.3) is 0 Å². The van der Waals surface area contributed by atoms with E-state index in [9.17, 15) is 9.59 Å². The van der Waals surface area contributed by atoms with Crippen LogP contribution in [-0.2, 0) is 4.74 Å². The van der Waals surface area contributed by atoms with Gasteiger partial charge >= 0.3 is 6.09 Å². The molecule has 0 aromatic carbocycles. The summed E-state index contributed by atoms with van der Waals surface area (Å²) in [6, 6.07) is 3.92. The third-order valence-corrected chi connectivity index (χ3v) is 4.68. The van der Waals surface area contributed by atoms with Crippen LogP contribution in [0.2, 0.25) is 0 Å². The number of nitrogens with zero attached hydrogens (tertiary/aromatic N) is 1. The molecule has 1 N–H and O–H groups in total. The molecular formula is C17H26N2O3S. The molecule has 2 amide bonds. The fourth-order valence-electron chi connectivity index (χ4n) is 2.56. The Morgan fingerprint density at radius 2 is 2.00 bits per heavy atom. The van der Waals surface area contributed by atoms with Crippen LogP contribution in [0.15, 0.2) is 12.1 Å². The van der Waals surface area contributed by atoms with Crippen molar-refractivity contribution in [1.29, 1.82) is 0 Å². The molecule has 2 rings (SSSR count). The van der Waals surface area contributed by atoms with Crippen molar-refractivity contribution >= 4 is 23.3 Å². The molecule has 0 bridgehead atoms. The second-order valence-electron chi connectivity index (χ2n) is 6.98. The van der Waals surface area contributed by atoms with E-state index in [0.717, 1.165) is 29.0 Å². The third-order valence-electron chi connectivity index (χ3n) is 3.68. The standard InChI is InChI=1S/C17H26N2O3S/c1-12-7-8-14(23-12)15(20)18-13-6-5-10-19(11-9-13)16(21)22-17(2,3)4/h7-8,13H,5-6,9-11H2,1-4H3,(H,18,20). The molecule has 0 spiro atoms. The van der Waals surface area contributed by atoms with Crippen LogP contribution >= 0.6 is 11.3 Å². The highest BCUT2D eigenvalue weighted by Crippen LogP contribution is 2.18. The Hall–Kier alpha value is -1.56. The molecule has 1 aromatic heterocycles. The number of rotatable bonds is 2. The van der Waals surface area contributed by atoms with E-state index in [2.05, 4.69) is 5.32 Å². The Balaban J connectivity index is 1.86. The molecule has 0 aliphatic carbocycles. The van der Waals surface area contributed by atoms with Gasteiger partial charge in [0.25, 0.3) is 5.91 Å². The number of likely N-dealkylation sites (tertiary alicyclic amines) is 1. The Morgan fingerprint density at radius 3 is 2.61 bits per heavy atom. The fraction of sp³-hybridized carbons (Fsp3) is 0.647. The van der Waals surface area contributed by atoms with Gasteiger partial charge in [-0.1, -0.05) is 0 Å². The van der Waals surface area contributed by atoms with Crippen molar-refractivity contribution in [2.24, 2.45) is 0 Å². The number of carbonyl (C=O) groups is 2. The lowest BCUT2D eigenvalue weighted by Crippen LogP contribution is -2.39. The predicted molar refractivity (Wildman–Crippen MR) is 92.0 cm³/mol. The molecular weight excluding hydrogens is 312 g/mol. The van der Waals surface area contributed by atoms with Crippen LogP contribution in [0.4, 0.5) is 4.79 Å². The van der Waals surface area contributed by atoms with Crippen LogP contribution in [0, 0.1) is 6.92 Å². The molecule has 128 valence electrons. The maximum atomic E-state index is 12.2. The van der Waals surface area contributed by atoms with Gasteiger partial charge in [-0.25, -0.2) is 4.79 Å². The van der Waals surface area contributed by atoms with Gasteiger partial charge in [-0.2, -0.15) is 0 Å². The lowest BCUT2D eigenvalue weighted by atomic mass is 10.1. The molecule has 1 saturated heterocycles. The van der Waals surface area contributed by atoms with Crippen molar-refractivity contribution in [2.75, 3.05) is 13.1 Å². The van der Waals surface area contributed by atoms with Crippen molar-refractivity contribution in [2.45, 2.75) is 58.6 Å². The SMILES string of the molecule is Cc1ccc(C(=O)NC2CCCN(C(=O)OC(C)(C)C)CC2)s1. The lowest BCUT2D eigenvalue weighted by molar-refractivity contribution is 0.0256. The molecule has 0 saturated carbocycles. The summed E-state index contributed by atoms with van der Waals surface area (Å²) in [4.78, 5) is 28.0. The van der Waals surface area contributed by atoms with Gasteiger partial charge in [0, 0.05) is 24.0 Å². The Kier molecular flexibility index (Phi) is 5.68. The van der Waals surface area contributed by atoms with E-state index in [1.54, 1.807) is 4.90 Å². The van der Waals surface area contributed by atoms with Gasteiger partial charge in [-0.15, -0.1) is 11.3 Å². The number of nitrogens with one attached hydrogen (secondary N) is 1. The minimum absolute atomic E-state index is 0.0150. The zero-order valence-corrected chi connectivity index (χ0v) is 15.2. The second kappa shape index (κ2) is 7.34. The molecule has 1 aliphatic rings. The summed E-state index contributed by atoms with van der Waals surface area (Å²) in [6.07, 6.45) is 2.25. The number of hydrogen-bond donors (Lipinski definition) is 1. The summed E-state index contributed by atoms with van der Waals surface area (Å²) in [5.41, 5.74) is -0.478. The highest BCUT2D eigenvalue weighted by molar-refractivity contribution is 7.13. The van der Waals surface area contributed by atoms with Crippen LogP contribution in [0.5, 0.6) is 0 Å². The average molecular weight is 338 g/mol. The van der Waals surface area contributed by atoms with E-state index in [0.29, 0.717) is 13.1 Å². The lowest BCUT2D eigenvalue weighted by Gasteiger charge is -2.26. The van der Waals surface area contributed by atoms with Crippen LogP contribution in [0.3, 0.4) is 0 Å². The van der Waals surface area contributed by atoms with E-state index in [1.807, 2.05) is 39.8 Å². The molecule has 1 aromatic rings. The first-order valence-electron chi connectivity index (χ1n) is 8.10. The topological polar surface area (TPSA) is 58.6 Å². The monoisotopic (exact) mass is 338 g/mol. The number of carbonyl (C=O) groups excluding carboxylic acids is 2. The van der Waals surface area contributed by atoms with Crippen molar-refractivity contribution in [3.05, 3.63) is 21.9 Å². The molecule has 5 nitrogen and oxygen atoms in total. The summed E-state index contributed by atoms with van der Waals surface area (Å²) >= 11 is 1.50. The Bertz CT molecular complexity index is 562. The highest BCUT2D eigenvalue weighted by Gasteiger charge is 2.26. The minimum atomic E-state index is -0.478. The largest absolute Gasteiger partial charge is 0.444 e. The van der Waals surface area contributed by atoms with Gasteiger partial charge in [0.15, 0.2) is 0 Å². The zero-order chi connectivity index (χ0) is 17.0. The molecule has 1 fully saturated rings. The molecule has 1 atom stereocenters. The minimum Gasteiger partial charge on any atom is -0.444 e. The smallest absolute Gasteiger partial charge is 0.410 e. The van der Waals surface area contributed by atoms with Crippen LogP contribution in [0.1, 0.15) is 54.6 Å². The van der Waals surface area contributed by atoms with E-state index in [1.165, 1.54) is 11.3 Å². The Labute approximate surface area is 142 Å². The molecule has 1 unspecified atom stereocenters. The number of hydrogen-bond acceptors (Lipinski definition) is 4. The summed E-state index contributed by atoms with van der Waals surface area (Å²) in [5, 5.41) is 3.09. The van der Waals surface area contributed by atoms with Gasteiger partial charge in [-0.3, -0.25) is 4.79 Å². The predicted octanol–water partition coefficient (Wildman–Crippen LogP) is 3.58. The average Bonchev–Trinajstić information content (AvgIpc) is 2.73. The summed E-state index contributed by atoms with van der Waals surface area (Å²) < 4.78 is 5.42. The van der Waals surface area contributed by atoms with Gasteiger partial charge < -0.3 is 15.0 Å². The number of amides is 2. The maximum Gasteiger partial charge on any atom is 0.410 e. The van der Waals surface area contributed by atoms with Crippen molar-refractivity contribution in [3.8, 4) is 0 Å². The first-order valence-corrected chi connectivity index (χ1v) is 8.91. The van der Waals surface area contributed by atoms with Crippen LogP contribution in [-0.4, -0.2) is 41.6 Å². The van der Waals surface area contributed by atoms with Crippen molar-refractivity contribution in [1.82, 2.24) is 10.2 Å². The van der Waals surface area contributed by atoms with Gasteiger partial charge in [0.05, 0.1) is 4.88 Å².